The third kappa shape index (κ3) is 7.66. The SMILES string of the molecule is Cc1ccc(C(=O)CCCCCCCCCCC(=O)c2ccc(C)cc2O)c(O)c1. The van der Waals surface area contributed by atoms with Gasteiger partial charge in [0.1, 0.15) is 11.5 Å². The lowest BCUT2D eigenvalue weighted by Crippen LogP contribution is -2.00. The molecule has 2 aromatic carbocycles. The maximum absolute atomic E-state index is 12.2. The highest BCUT2D eigenvalue weighted by Crippen LogP contribution is 2.22. The van der Waals surface area contributed by atoms with E-state index in [4.69, 9.17) is 0 Å². The van der Waals surface area contributed by atoms with Gasteiger partial charge in [-0.1, -0.05) is 50.7 Å². The van der Waals surface area contributed by atoms with Crippen LogP contribution < -0.4 is 0 Å². The molecular weight excluding hydrogens is 376 g/mol. The standard InChI is InChI=1S/C26H34O4/c1-19-13-15-21(25(29)17-19)23(27)11-9-7-5-3-4-6-8-10-12-24(28)22-16-14-20(2)18-26(22)30/h13-18,29-30H,3-12H2,1-2H3. The van der Waals surface area contributed by atoms with Crippen LogP contribution in [0.15, 0.2) is 36.4 Å². The van der Waals surface area contributed by atoms with Gasteiger partial charge in [-0.3, -0.25) is 9.59 Å². The van der Waals surface area contributed by atoms with Crippen LogP contribution >= 0.6 is 0 Å². The summed E-state index contributed by atoms with van der Waals surface area (Å²) in [5.74, 6) is 0.181. The quantitative estimate of drug-likeness (QED) is 0.285. The Bertz CT molecular complexity index is 783. The second-order valence-electron chi connectivity index (χ2n) is 8.22. The Hall–Kier alpha value is -2.62. The molecule has 0 aliphatic rings. The van der Waals surface area contributed by atoms with Gasteiger partial charge < -0.3 is 10.2 Å². The lowest BCUT2D eigenvalue weighted by molar-refractivity contribution is 0.0967. The predicted octanol–water partition coefficient (Wildman–Crippen LogP) is 6.68. The van der Waals surface area contributed by atoms with Gasteiger partial charge in [-0.05, 0) is 62.1 Å². The molecule has 0 atom stereocenters. The van der Waals surface area contributed by atoms with Crippen LogP contribution in [0.1, 0.15) is 96.1 Å². The van der Waals surface area contributed by atoms with Gasteiger partial charge in [-0.15, -0.1) is 0 Å². The molecule has 30 heavy (non-hydrogen) atoms. The summed E-state index contributed by atoms with van der Waals surface area (Å²) in [5, 5.41) is 19.7. The molecule has 162 valence electrons. The van der Waals surface area contributed by atoms with Crippen LogP contribution in [0.5, 0.6) is 11.5 Å². The first-order valence-corrected chi connectivity index (χ1v) is 11.0. The van der Waals surface area contributed by atoms with Crippen molar-refractivity contribution in [2.24, 2.45) is 0 Å². The molecule has 2 aromatic rings. The van der Waals surface area contributed by atoms with E-state index >= 15 is 0 Å². The van der Waals surface area contributed by atoms with E-state index in [2.05, 4.69) is 0 Å². The Morgan fingerprint density at radius 2 is 0.933 bits per heavy atom. The second kappa shape index (κ2) is 12.2. The lowest BCUT2D eigenvalue weighted by Gasteiger charge is -2.06. The minimum Gasteiger partial charge on any atom is -0.507 e. The number of aromatic hydroxyl groups is 2. The topological polar surface area (TPSA) is 74.6 Å². The van der Waals surface area contributed by atoms with E-state index < -0.39 is 0 Å². The van der Waals surface area contributed by atoms with E-state index in [1.165, 1.54) is 0 Å². The molecule has 2 rings (SSSR count). The Morgan fingerprint density at radius 3 is 1.27 bits per heavy atom. The molecule has 4 nitrogen and oxygen atoms in total. The van der Waals surface area contributed by atoms with Crippen molar-refractivity contribution in [3.63, 3.8) is 0 Å². The predicted molar refractivity (Wildman–Crippen MR) is 121 cm³/mol. The molecule has 0 unspecified atom stereocenters. The number of phenolic OH excluding ortho intramolecular Hbond substituents is 2. The Kier molecular flexibility index (Phi) is 9.59. The first-order valence-electron chi connectivity index (χ1n) is 11.0. The fourth-order valence-corrected chi connectivity index (χ4v) is 3.66. The Morgan fingerprint density at radius 1 is 0.600 bits per heavy atom. The Balaban J connectivity index is 1.50. The third-order valence-electron chi connectivity index (χ3n) is 5.46. The van der Waals surface area contributed by atoms with Gasteiger partial charge >= 0.3 is 0 Å². The van der Waals surface area contributed by atoms with Gasteiger partial charge in [0.25, 0.3) is 0 Å². The molecule has 0 aromatic heterocycles. The smallest absolute Gasteiger partial charge is 0.166 e. The summed E-state index contributed by atoms with van der Waals surface area (Å²) in [6.07, 6.45) is 9.16. The van der Waals surface area contributed by atoms with Crippen molar-refractivity contribution >= 4 is 11.6 Å². The third-order valence-corrected chi connectivity index (χ3v) is 5.46. The van der Waals surface area contributed by atoms with Crippen LogP contribution in [0.25, 0.3) is 0 Å². The molecule has 0 amide bonds. The van der Waals surface area contributed by atoms with E-state index in [1.54, 1.807) is 24.3 Å². The number of unbranched alkanes of at least 4 members (excludes halogenated alkanes) is 7. The fourth-order valence-electron chi connectivity index (χ4n) is 3.66. The fraction of sp³-hybridized carbons (Fsp3) is 0.462. The Labute approximate surface area is 180 Å². The van der Waals surface area contributed by atoms with Crippen molar-refractivity contribution < 1.29 is 19.8 Å². The van der Waals surface area contributed by atoms with Crippen molar-refractivity contribution in [3.05, 3.63) is 58.7 Å². The summed E-state index contributed by atoms with van der Waals surface area (Å²) in [5.41, 5.74) is 2.74. The van der Waals surface area contributed by atoms with Crippen molar-refractivity contribution in [2.75, 3.05) is 0 Å². The number of carbonyl (C=O) groups is 2. The number of hydrogen-bond donors (Lipinski definition) is 2. The number of phenols is 2. The molecule has 0 spiro atoms. The molecule has 0 bridgehead atoms. The van der Waals surface area contributed by atoms with E-state index in [0.29, 0.717) is 24.0 Å². The molecule has 0 aliphatic heterocycles. The summed E-state index contributed by atoms with van der Waals surface area (Å²) in [6, 6.07) is 10.4. The lowest BCUT2D eigenvalue weighted by atomic mass is 10.00. The summed E-state index contributed by atoms with van der Waals surface area (Å²) >= 11 is 0. The second-order valence-corrected chi connectivity index (χ2v) is 8.22. The number of benzene rings is 2. The molecule has 0 saturated heterocycles. The summed E-state index contributed by atoms with van der Waals surface area (Å²) in [6.45, 7) is 3.78. The van der Waals surface area contributed by atoms with Gasteiger partial charge in [0.15, 0.2) is 11.6 Å². The van der Waals surface area contributed by atoms with Crippen LogP contribution in [-0.4, -0.2) is 21.8 Å². The van der Waals surface area contributed by atoms with Crippen LogP contribution in [0.2, 0.25) is 0 Å². The molecule has 2 N–H and O–H groups in total. The van der Waals surface area contributed by atoms with Crippen molar-refractivity contribution in [1.82, 2.24) is 0 Å². The van der Waals surface area contributed by atoms with Crippen molar-refractivity contribution in [2.45, 2.75) is 78.1 Å². The zero-order valence-corrected chi connectivity index (χ0v) is 18.2. The van der Waals surface area contributed by atoms with Gasteiger partial charge in [0.05, 0.1) is 11.1 Å². The van der Waals surface area contributed by atoms with Gasteiger partial charge in [-0.25, -0.2) is 0 Å². The monoisotopic (exact) mass is 410 g/mol. The molecule has 4 heteroatoms. The zero-order chi connectivity index (χ0) is 21.9. The van der Waals surface area contributed by atoms with Gasteiger partial charge in [0, 0.05) is 12.8 Å². The van der Waals surface area contributed by atoms with Crippen LogP contribution in [-0.2, 0) is 0 Å². The summed E-state index contributed by atoms with van der Waals surface area (Å²) in [7, 11) is 0. The van der Waals surface area contributed by atoms with Crippen LogP contribution in [0.4, 0.5) is 0 Å². The summed E-state index contributed by atoms with van der Waals surface area (Å²) < 4.78 is 0. The van der Waals surface area contributed by atoms with Gasteiger partial charge in [0.2, 0.25) is 0 Å². The van der Waals surface area contributed by atoms with E-state index in [9.17, 15) is 19.8 Å². The highest BCUT2D eigenvalue weighted by atomic mass is 16.3. The first kappa shape index (κ1) is 23.7. The normalized spacial score (nSPS) is 10.9. The van der Waals surface area contributed by atoms with Crippen LogP contribution in [0.3, 0.4) is 0 Å². The molecule has 0 fully saturated rings. The molecule has 0 saturated carbocycles. The van der Waals surface area contributed by atoms with Crippen molar-refractivity contribution in [3.8, 4) is 11.5 Å². The van der Waals surface area contributed by atoms with Gasteiger partial charge in [-0.2, -0.15) is 0 Å². The number of ketones is 2. The highest BCUT2D eigenvalue weighted by Gasteiger charge is 2.11. The first-order chi connectivity index (χ1) is 14.4. The number of Topliss-reactive ketones (excluding diaryl/α,β-unsaturated/α-hetero) is 2. The van der Waals surface area contributed by atoms with E-state index in [1.807, 2.05) is 26.0 Å². The minimum atomic E-state index is 0.0109. The summed E-state index contributed by atoms with van der Waals surface area (Å²) in [4.78, 5) is 24.4. The maximum atomic E-state index is 12.2. The highest BCUT2D eigenvalue weighted by molar-refractivity contribution is 5.99. The minimum absolute atomic E-state index is 0.0109. The molecule has 0 radical (unpaired) electrons. The van der Waals surface area contributed by atoms with Crippen molar-refractivity contribution in [1.29, 1.82) is 0 Å². The van der Waals surface area contributed by atoms with E-state index in [-0.39, 0.29) is 23.1 Å². The maximum Gasteiger partial charge on any atom is 0.166 e. The average Bonchev–Trinajstić information content (AvgIpc) is 2.69. The molecule has 0 aliphatic carbocycles. The molecular formula is C26H34O4. The average molecular weight is 411 g/mol. The zero-order valence-electron chi connectivity index (χ0n) is 18.2. The largest absolute Gasteiger partial charge is 0.507 e. The van der Waals surface area contributed by atoms with Crippen LogP contribution in [0, 0.1) is 13.8 Å². The molecule has 0 heterocycles. The number of aryl methyl sites for hydroxylation is 2. The number of hydrogen-bond acceptors (Lipinski definition) is 4. The number of rotatable bonds is 13. The van der Waals surface area contributed by atoms with E-state index in [0.717, 1.165) is 62.5 Å². The number of carbonyl (C=O) groups excluding carboxylic acids is 2.